The number of hydrogen-bond acceptors (Lipinski definition) is 3. The maximum atomic E-state index is 11.8. The summed E-state index contributed by atoms with van der Waals surface area (Å²) in [6.45, 7) is 6.36. The van der Waals surface area contributed by atoms with E-state index in [1.807, 2.05) is 43.3 Å². The van der Waals surface area contributed by atoms with Crippen LogP contribution in [0.4, 0.5) is 5.69 Å². The van der Waals surface area contributed by atoms with Crippen LogP contribution in [0.25, 0.3) is 0 Å². The van der Waals surface area contributed by atoms with Crippen LogP contribution in [0.15, 0.2) is 43.0 Å². The van der Waals surface area contributed by atoms with Crippen molar-refractivity contribution in [2.45, 2.75) is 13.0 Å². The standard InChI is InChI=1S/C14H20N2OS/c1-3-10-18-11-9-15-12(2)14(17)16-13-7-5-4-6-8-13/h3-8,12,15H,1,9-11H2,2H3,(H,16,17). The van der Waals surface area contributed by atoms with Crippen molar-refractivity contribution >= 4 is 23.4 Å². The second kappa shape index (κ2) is 8.78. The fourth-order valence-electron chi connectivity index (χ4n) is 1.38. The number of carbonyl (C=O) groups is 1. The zero-order valence-electron chi connectivity index (χ0n) is 10.7. The van der Waals surface area contributed by atoms with E-state index in [2.05, 4.69) is 17.2 Å². The number of amides is 1. The van der Waals surface area contributed by atoms with Gasteiger partial charge in [-0.25, -0.2) is 0 Å². The maximum absolute atomic E-state index is 11.8. The van der Waals surface area contributed by atoms with E-state index >= 15 is 0 Å². The van der Waals surface area contributed by atoms with Gasteiger partial charge in [0.05, 0.1) is 6.04 Å². The van der Waals surface area contributed by atoms with Gasteiger partial charge in [-0.3, -0.25) is 4.79 Å². The molecule has 0 heterocycles. The molecule has 0 aliphatic rings. The molecule has 0 aliphatic heterocycles. The summed E-state index contributed by atoms with van der Waals surface area (Å²) in [7, 11) is 0. The summed E-state index contributed by atoms with van der Waals surface area (Å²) in [5.41, 5.74) is 0.831. The summed E-state index contributed by atoms with van der Waals surface area (Å²) in [4.78, 5) is 11.8. The minimum Gasteiger partial charge on any atom is -0.325 e. The molecule has 1 rings (SSSR count). The smallest absolute Gasteiger partial charge is 0.241 e. The number of carbonyl (C=O) groups excluding carboxylic acids is 1. The van der Waals surface area contributed by atoms with Crippen LogP contribution in [0.2, 0.25) is 0 Å². The molecule has 0 bridgehead atoms. The Labute approximate surface area is 113 Å². The third-order valence-electron chi connectivity index (χ3n) is 2.37. The molecule has 0 spiro atoms. The average Bonchev–Trinajstić information content (AvgIpc) is 2.39. The number of anilines is 1. The predicted octanol–water partition coefficient (Wildman–Crippen LogP) is 2.52. The van der Waals surface area contributed by atoms with Crippen LogP contribution in [-0.4, -0.2) is 30.0 Å². The van der Waals surface area contributed by atoms with E-state index in [0.29, 0.717) is 0 Å². The van der Waals surface area contributed by atoms with Gasteiger partial charge in [0, 0.05) is 23.7 Å². The SMILES string of the molecule is C=CCSCCNC(C)C(=O)Nc1ccccc1. The lowest BCUT2D eigenvalue weighted by Gasteiger charge is -2.13. The molecule has 0 radical (unpaired) electrons. The molecular formula is C14H20N2OS. The second-order valence-corrected chi connectivity index (χ2v) is 5.04. The van der Waals surface area contributed by atoms with Crippen molar-refractivity contribution in [3.8, 4) is 0 Å². The molecule has 4 heteroatoms. The summed E-state index contributed by atoms with van der Waals surface area (Å²) in [5, 5.41) is 6.06. The number of para-hydroxylation sites is 1. The highest BCUT2D eigenvalue weighted by atomic mass is 32.2. The van der Waals surface area contributed by atoms with Gasteiger partial charge in [-0.2, -0.15) is 11.8 Å². The van der Waals surface area contributed by atoms with E-state index in [0.717, 1.165) is 23.7 Å². The first kappa shape index (κ1) is 14.8. The molecule has 0 aliphatic carbocycles. The molecule has 0 fully saturated rings. The third kappa shape index (κ3) is 5.89. The van der Waals surface area contributed by atoms with Gasteiger partial charge in [0.1, 0.15) is 0 Å². The van der Waals surface area contributed by atoms with Gasteiger partial charge in [0.25, 0.3) is 0 Å². The maximum Gasteiger partial charge on any atom is 0.241 e. The Kier molecular flexibility index (Phi) is 7.22. The van der Waals surface area contributed by atoms with Crippen molar-refractivity contribution in [3.63, 3.8) is 0 Å². The molecule has 1 atom stereocenters. The summed E-state index contributed by atoms with van der Waals surface area (Å²) in [6.07, 6.45) is 1.89. The molecule has 18 heavy (non-hydrogen) atoms. The van der Waals surface area contributed by atoms with Gasteiger partial charge in [0.2, 0.25) is 5.91 Å². The number of thioether (sulfide) groups is 1. The molecule has 2 N–H and O–H groups in total. The van der Waals surface area contributed by atoms with Gasteiger partial charge >= 0.3 is 0 Å². The molecule has 0 saturated heterocycles. The van der Waals surface area contributed by atoms with Gasteiger partial charge < -0.3 is 10.6 Å². The van der Waals surface area contributed by atoms with E-state index in [1.165, 1.54) is 0 Å². The number of benzene rings is 1. The highest BCUT2D eigenvalue weighted by molar-refractivity contribution is 7.99. The Balaban J connectivity index is 2.23. The first-order chi connectivity index (χ1) is 8.74. The molecule has 98 valence electrons. The first-order valence-electron chi connectivity index (χ1n) is 6.02. The average molecular weight is 264 g/mol. The van der Waals surface area contributed by atoms with Gasteiger partial charge in [-0.05, 0) is 19.1 Å². The van der Waals surface area contributed by atoms with Crippen molar-refractivity contribution in [1.29, 1.82) is 0 Å². The molecule has 1 aromatic carbocycles. The van der Waals surface area contributed by atoms with Gasteiger partial charge in [0.15, 0.2) is 0 Å². The van der Waals surface area contributed by atoms with E-state index in [1.54, 1.807) is 11.8 Å². The Morgan fingerprint density at radius 1 is 1.44 bits per heavy atom. The summed E-state index contributed by atoms with van der Waals surface area (Å²) in [5.74, 6) is 1.93. The monoisotopic (exact) mass is 264 g/mol. The van der Waals surface area contributed by atoms with Crippen LogP contribution in [-0.2, 0) is 4.79 Å². The topological polar surface area (TPSA) is 41.1 Å². The molecule has 3 nitrogen and oxygen atoms in total. The zero-order valence-corrected chi connectivity index (χ0v) is 11.5. The van der Waals surface area contributed by atoms with Crippen LogP contribution >= 0.6 is 11.8 Å². The highest BCUT2D eigenvalue weighted by Crippen LogP contribution is 2.05. The van der Waals surface area contributed by atoms with E-state index < -0.39 is 0 Å². The lowest BCUT2D eigenvalue weighted by molar-refractivity contribution is -0.117. The van der Waals surface area contributed by atoms with Crippen LogP contribution in [0.1, 0.15) is 6.92 Å². The number of rotatable bonds is 8. The molecule has 0 saturated carbocycles. The Morgan fingerprint density at radius 2 is 2.17 bits per heavy atom. The zero-order chi connectivity index (χ0) is 13.2. The van der Waals surface area contributed by atoms with Crippen molar-refractivity contribution in [2.75, 3.05) is 23.4 Å². The van der Waals surface area contributed by atoms with Crippen LogP contribution < -0.4 is 10.6 Å². The second-order valence-electron chi connectivity index (χ2n) is 3.89. The molecular weight excluding hydrogens is 244 g/mol. The molecule has 1 unspecified atom stereocenters. The lowest BCUT2D eigenvalue weighted by atomic mass is 10.2. The summed E-state index contributed by atoms with van der Waals surface area (Å²) in [6, 6.07) is 9.30. The Hall–Kier alpha value is -1.26. The minimum absolute atomic E-state index is 0.00470. The van der Waals surface area contributed by atoms with E-state index in [4.69, 9.17) is 0 Å². The largest absolute Gasteiger partial charge is 0.325 e. The third-order valence-corrected chi connectivity index (χ3v) is 3.33. The first-order valence-corrected chi connectivity index (χ1v) is 7.17. The van der Waals surface area contributed by atoms with Crippen molar-refractivity contribution < 1.29 is 4.79 Å². The lowest BCUT2D eigenvalue weighted by Crippen LogP contribution is -2.39. The molecule has 1 aromatic rings. The van der Waals surface area contributed by atoms with Crippen molar-refractivity contribution in [3.05, 3.63) is 43.0 Å². The number of hydrogen-bond donors (Lipinski definition) is 2. The van der Waals surface area contributed by atoms with E-state index in [-0.39, 0.29) is 11.9 Å². The minimum atomic E-state index is -0.186. The summed E-state index contributed by atoms with van der Waals surface area (Å²) >= 11 is 1.80. The molecule has 0 aromatic heterocycles. The quantitative estimate of drug-likeness (QED) is 0.560. The highest BCUT2D eigenvalue weighted by Gasteiger charge is 2.11. The van der Waals surface area contributed by atoms with Crippen LogP contribution in [0.3, 0.4) is 0 Å². The van der Waals surface area contributed by atoms with Gasteiger partial charge in [-0.15, -0.1) is 6.58 Å². The predicted molar refractivity (Wildman–Crippen MR) is 80.1 cm³/mol. The number of nitrogens with one attached hydrogen (secondary N) is 2. The van der Waals surface area contributed by atoms with Crippen molar-refractivity contribution in [2.24, 2.45) is 0 Å². The van der Waals surface area contributed by atoms with Crippen LogP contribution in [0.5, 0.6) is 0 Å². The van der Waals surface area contributed by atoms with Gasteiger partial charge in [-0.1, -0.05) is 24.3 Å². The normalized spacial score (nSPS) is 11.8. The van der Waals surface area contributed by atoms with Crippen LogP contribution in [0, 0.1) is 0 Å². The fraction of sp³-hybridized carbons (Fsp3) is 0.357. The fourth-order valence-corrected chi connectivity index (χ4v) is 1.97. The Bertz CT molecular complexity index is 367. The molecule has 1 amide bonds. The Morgan fingerprint density at radius 3 is 2.83 bits per heavy atom. The van der Waals surface area contributed by atoms with E-state index in [9.17, 15) is 4.79 Å². The summed E-state index contributed by atoms with van der Waals surface area (Å²) < 4.78 is 0. The van der Waals surface area contributed by atoms with Crippen molar-refractivity contribution in [1.82, 2.24) is 5.32 Å².